The second-order valence-corrected chi connectivity index (χ2v) is 4.88. The van der Waals surface area contributed by atoms with E-state index >= 15 is 0 Å². The molecule has 1 aliphatic heterocycles. The van der Waals surface area contributed by atoms with E-state index in [-0.39, 0.29) is 5.69 Å². The standard InChI is InChI=1S/C14H20N2O4/c1-19-13-6-5-12(16(17)18)10-14(13)20-9-7-11-4-2-3-8-15-11/h5-6,10-11,15H,2-4,7-9H2,1H3. The third kappa shape index (κ3) is 3.84. The summed E-state index contributed by atoms with van der Waals surface area (Å²) in [6.45, 7) is 1.58. The first kappa shape index (κ1) is 14.6. The molecule has 1 N–H and O–H groups in total. The van der Waals surface area contributed by atoms with E-state index in [1.54, 1.807) is 6.07 Å². The van der Waals surface area contributed by atoms with Gasteiger partial charge in [-0.15, -0.1) is 0 Å². The number of nitro groups is 1. The number of piperidine rings is 1. The summed E-state index contributed by atoms with van der Waals surface area (Å²) < 4.78 is 10.8. The number of ether oxygens (including phenoxy) is 2. The number of nitrogens with one attached hydrogen (secondary N) is 1. The fraction of sp³-hybridized carbons (Fsp3) is 0.571. The van der Waals surface area contributed by atoms with Crippen LogP contribution in [-0.2, 0) is 0 Å². The van der Waals surface area contributed by atoms with Crippen molar-refractivity contribution in [3.8, 4) is 11.5 Å². The fourth-order valence-corrected chi connectivity index (χ4v) is 2.37. The molecule has 1 aromatic carbocycles. The quantitative estimate of drug-likeness (QED) is 0.640. The minimum absolute atomic E-state index is 0.0107. The molecule has 0 aromatic heterocycles. The summed E-state index contributed by atoms with van der Waals surface area (Å²) in [6.07, 6.45) is 4.54. The van der Waals surface area contributed by atoms with Gasteiger partial charge in [0.15, 0.2) is 11.5 Å². The summed E-state index contributed by atoms with van der Waals surface area (Å²) in [7, 11) is 1.52. The summed E-state index contributed by atoms with van der Waals surface area (Å²) >= 11 is 0. The number of nitro benzene ring substituents is 1. The van der Waals surface area contributed by atoms with Crippen molar-refractivity contribution in [3.05, 3.63) is 28.3 Å². The third-order valence-electron chi connectivity index (χ3n) is 3.49. The van der Waals surface area contributed by atoms with Gasteiger partial charge in [0.05, 0.1) is 24.7 Å². The van der Waals surface area contributed by atoms with Gasteiger partial charge in [0.2, 0.25) is 0 Å². The predicted molar refractivity (Wildman–Crippen MR) is 75.4 cm³/mol. The van der Waals surface area contributed by atoms with Gasteiger partial charge in [-0.05, 0) is 31.9 Å². The summed E-state index contributed by atoms with van der Waals surface area (Å²) in [5.74, 6) is 0.949. The molecule has 0 radical (unpaired) electrons. The van der Waals surface area contributed by atoms with Crippen LogP contribution in [0.15, 0.2) is 18.2 Å². The van der Waals surface area contributed by atoms with Crippen LogP contribution in [-0.4, -0.2) is 31.2 Å². The largest absolute Gasteiger partial charge is 0.493 e. The number of benzene rings is 1. The molecule has 0 saturated carbocycles. The molecule has 1 aliphatic rings. The lowest BCUT2D eigenvalue weighted by Crippen LogP contribution is -2.35. The van der Waals surface area contributed by atoms with E-state index in [1.807, 2.05) is 0 Å². The molecule has 110 valence electrons. The van der Waals surface area contributed by atoms with E-state index in [0.717, 1.165) is 19.4 Å². The molecular formula is C14H20N2O4. The normalized spacial score (nSPS) is 18.6. The van der Waals surface area contributed by atoms with Crippen LogP contribution in [0, 0.1) is 10.1 Å². The highest BCUT2D eigenvalue weighted by molar-refractivity contribution is 5.48. The SMILES string of the molecule is COc1ccc([N+](=O)[O-])cc1OCCC1CCCCN1. The van der Waals surface area contributed by atoms with E-state index in [1.165, 1.54) is 32.1 Å². The number of hydrogen-bond acceptors (Lipinski definition) is 5. The van der Waals surface area contributed by atoms with E-state index in [9.17, 15) is 10.1 Å². The first-order chi connectivity index (χ1) is 9.70. The highest BCUT2D eigenvalue weighted by Gasteiger charge is 2.15. The summed E-state index contributed by atoms with van der Waals surface area (Å²) in [5.41, 5.74) is 0.0107. The highest BCUT2D eigenvalue weighted by Crippen LogP contribution is 2.31. The molecule has 0 spiro atoms. The van der Waals surface area contributed by atoms with Crippen LogP contribution < -0.4 is 14.8 Å². The summed E-state index contributed by atoms with van der Waals surface area (Å²) in [5, 5.41) is 14.2. The van der Waals surface area contributed by atoms with Gasteiger partial charge < -0.3 is 14.8 Å². The van der Waals surface area contributed by atoms with Gasteiger partial charge in [0.1, 0.15) is 0 Å². The van der Waals surface area contributed by atoms with Crippen molar-refractivity contribution in [2.75, 3.05) is 20.3 Å². The van der Waals surface area contributed by atoms with E-state index in [4.69, 9.17) is 9.47 Å². The topological polar surface area (TPSA) is 73.6 Å². The van der Waals surface area contributed by atoms with Crippen LogP contribution in [0.1, 0.15) is 25.7 Å². The molecule has 6 heteroatoms. The molecule has 0 bridgehead atoms. The van der Waals surface area contributed by atoms with Crippen molar-refractivity contribution < 1.29 is 14.4 Å². The molecular weight excluding hydrogens is 260 g/mol. The van der Waals surface area contributed by atoms with E-state index in [2.05, 4.69) is 5.32 Å². The number of rotatable bonds is 6. The minimum Gasteiger partial charge on any atom is -0.493 e. The number of methoxy groups -OCH3 is 1. The third-order valence-corrected chi connectivity index (χ3v) is 3.49. The average Bonchev–Trinajstić information content (AvgIpc) is 2.48. The Morgan fingerprint density at radius 1 is 1.40 bits per heavy atom. The molecule has 1 unspecified atom stereocenters. The number of non-ortho nitro benzene ring substituents is 1. The Morgan fingerprint density at radius 3 is 2.90 bits per heavy atom. The minimum atomic E-state index is -0.436. The van der Waals surface area contributed by atoms with Crippen molar-refractivity contribution in [3.63, 3.8) is 0 Å². The van der Waals surface area contributed by atoms with Crippen molar-refractivity contribution >= 4 is 5.69 Å². The second kappa shape index (κ2) is 7.09. The first-order valence-electron chi connectivity index (χ1n) is 6.89. The van der Waals surface area contributed by atoms with Gasteiger partial charge in [-0.25, -0.2) is 0 Å². The van der Waals surface area contributed by atoms with Crippen LogP contribution >= 0.6 is 0 Å². The molecule has 6 nitrogen and oxygen atoms in total. The van der Waals surface area contributed by atoms with Gasteiger partial charge in [0, 0.05) is 12.1 Å². The summed E-state index contributed by atoms with van der Waals surface area (Å²) in [4.78, 5) is 10.3. The smallest absolute Gasteiger partial charge is 0.273 e. The van der Waals surface area contributed by atoms with Gasteiger partial charge >= 0.3 is 0 Å². The maximum absolute atomic E-state index is 10.8. The lowest BCUT2D eigenvalue weighted by molar-refractivity contribution is -0.385. The van der Waals surface area contributed by atoms with Crippen LogP contribution in [0.3, 0.4) is 0 Å². The Hall–Kier alpha value is -1.82. The number of hydrogen-bond donors (Lipinski definition) is 1. The van der Waals surface area contributed by atoms with Gasteiger partial charge in [-0.3, -0.25) is 10.1 Å². The monoisotopic (exact) mass is 280 g/mol. The molecule has 1 fully saturated rings. The van der Waals surface area contributed by atoms with Crippen molar-refractivity contribution in [2.45, 2.75) is 31.7 Å². The second-order valence-electron chi connectivity index (χ2n) is 4.88. The Kier molecular flexibility index (Phi) is 5.17. The van der Waals surface area contributed by atoms with Crippen LogP contribution in [0.5, 0.6) is 11.5 Å². The van der Waals surface area contributed by atoms with Gasteiger partial charge in [-0.1, -0.05) is 6.42 Å². The maximum Gasteiger partial charge on any atom is 0.273 e. The average molecular weight is 280 g/mol. The Morgan fingerprint density at radius 2 is 2.25 bits per heavy atom. The molecule has 0 amide bonds. The van der Waals surface area contributed by atoms with Crippen molar-refractivity contribution in [2.24, 2.45) is 0 Å². The Balaban J connectivity index is 1.93. The maximum atomic E-state index is 10.8. The molecule has 0 aliphatic carbocycles. The summed E-state index contributed by atoms with van der Waals surface area (Å²) in [6, 6.07) is 4.86. The van der Waals surface area contributed by atoms with Gasteiger partial charge in [-0.2, -0.15) is 0 Å². The van der Waals surface area contributed by atoms with Crippen molar-refractivity contribution in [1.29, 1.82) is 0 Å². The highest BCUT2D eigenvalue weighted by atomic mass is 16.6. The zero-order valence-corrected chi connectivity index (χ0v) is 11.6. The molecule has 1 saturated heterocycles. The van der Waals surface area contributed by atoms with E-state index < -0.39 is 4.92 Å². The number of nitrogens with zero attached hydrogens (tertiary/aromatic N) is 1. The molecule has 2 rings (SSSR count). The predicted octanol–water partition coefficient (Wildman–Crippen LogP) is 2.51. The zero-order valence-electron chi connectivity index (χ0n) is 11.6. The van der Waals surface area contributed by atoms with Crippen LogP contribution in [0.4, 0.5) is 5.69 Å². The van der Waals surface area contributed by atoms with Crippen molar-refractivity contribution in [1.82, 2.24) is 5.32 Å². The first-order valence-corrected chi connectivity index (χ1v) is 6.89. The molecule has 20 heavy (non-hydrogen) atoms. The van der Waals surface area contributed by atoms with Gasteiger partial charge in [0.25, 0.3) is 5.69 Å². The van der Waals surface area contributed by atoms with Crippen LogP contribution in [0.25, 0.3) is 0 Å². The Bertz CT molecular complexity index is 458. The van der Waals surface area contributed by atoms with E-state index in [0.29, 0.717) is 24.1 Å². The molecule has 1 heterocycles. The van der Waals surface area contributed by atoms with Crippen LogP contribution in [0.2, 0.25) is 0 Å². The zero-order chi connectivity index (χ0) is 14.4. The molecule has 1 aromatic rings. The lowest BCUT2D eigenvalue weighted by Gasteiger charge is -2.23. The fourth-order valence-electron chi connectivity index (χ4n) is 2.37. The lowest BCUT2D eigenvalue weighted by atomic mass is 10.0. The Labute approximate surface area is 118 Å². The molecule has 1 atom stereocenters.